The summed E-state index contributed by atoms with van der Waals surface area (Å²) in [7, 11) is 0. The summed E-state index contributed by atoms with van der Waals surface area (Å²) in [6.45, 7) is -0.318. The third-order valence-electron chi connectivity index (χ3n) is 3.18. The smallest absolute Gasteiger partial charge is 0.275 e. The number of anilines is 1. The number of aliphatic hydroxyl groups is 3. The van der Waals surface area contributed by atoms with Gasteiger partial charge in [-0.3, -0.25) is 4.79 Å². The van der Waals surface area contributed by atoms with Gasteiger partial charge in [-0.05, 0) is 0 Å². The van der Waals surface area contributed by atoms with Crippen LogP contribution < -0.4 is 10.5 Å². The van der Waals surface area contributed by atoms with Gasteiger partial charge >= 0.3 is 0 Å². The molecule has 3 heterocycles. The zero-order valence-electron chi connectivity index (χ0n) is 9.79. The average molecular weight is 264 g/mol. The van der Waals surface area contributed by atoms with Crippen molar-refractivity contribution in [3.63, 3.8) is 0 Å². The monoisotopic (exact) mass is 264 g/mol. The van der Waals surface area contributed by atoms with E-state index in [4.69, 9.17) is 0 Å². The number of H-pyrrole nitrogens is 2. The molecule has 2 aromatic heterocycles. The first kappa shape index (κ1) is 11.8. The Bertz CT molecular complexity index is 717. The van der Waals surface area contributed by atoms with E-state index in [2.05, 4.69) is 15.0 Å². The van der Waals surface area contributed by atoms with Crippen LogP contribution in [-0.4, -0.2) is 49.5 Å². The SMILES string of the molecule is O=c1[nH]cnc2c(N3CC(O)C(O)=C3CO)c[nH]c12. The summed E-state index contributed by atoms with van der Waals surface area (Å²) in [5, 5.41) is 28.6. The maximum Gasteiger partial charge on any atom is 0.275 e. The summed E-state index contributed by atoms with van der Waals surface area (Å²) in [4.78, 5) is 22.4. The predicted octanol–water partition coefficient (Wildman–Crippen LogP) is -0.806. The second-order valence-corrected chi connectivity index (χ2v) is 4.25. The molecule has 0 fully saturated rings. The Hall–Kier alpha value is -2.32. The standard InChI is InChI=1S/C11H12N4O4/c16-3-6-10(18)7(17)2-15(6)5-1-12-9-8(5)13-4-14-11(9)19/h1,4,7,12,16-18H,2-3H2,(H,13,14,19). The van der Waals surface area contributed by atoms with Gasteiger partial charge in [0.05, 0.1) is 30.9 Å². The third kappa shape index (κ3) is 1.61. The molecule has 3 rings (SSSR count). The number of β-amino-alcohol motifs (C(OH)–C–C–N with tert-alkyl or cyclic N) is 1. The van der Waals surface area contributed by atoms with E-state index in [1.54, 1.807) is 6.20 Å². The molecule has 0 amide bonds. The molecule has 1 aliphatic heterocycles. The molecule has 0 saturated carbocycles. The molecule has 1 unspecified atom stereocenters. The minimum atomic E-state index is -1.06. The largest absolute Gasteiger partial charge is 0.508 e. The van der Waals surface area contributed by atoms with E-state index in [1.807, 2.05) is 0 Å². The van der Waals surface area contributed by atoms with Crippen LogP contribution in [0.3, 0.4) is 0 Å². The highest BCUT2D eigenvalue weighted by atomic mass is 16.3. The van der Waals surface area contributed by atoms with Gasteiger partial charge < -0.3 is 30.2 Å². The summed E-state index contributed by atoms with van der Waals surface area (Å²) >= 11 is 0. The number of rotatable bonds is 2. The van der Waals surface area contributed by atoms with Crippen molar-refractivity contribution in [2.75, 3.05) is 18.1 Å². The molecule has 0 saturated heterocycles. The van der Waals surface area contributed by atoms with E-state index in [0.717, 1.165) is 0 Å². The normalized spacial score (nSPS) is 19.7. The van der Waals surface area contributed by atoms with Crippen LogP contribution in [0, 0.1) is 0 Å². The molecule has 0 aromatic carbocycles. The third-order valence-corrected chi connectivity index (χ3v) is 3.18. The van der Waals surface area contributed by atoms with Crippen molar-refractivity contribution in [1.29, 1.82) is 0 Å². The average Bonchev–Trinajstić information content (AvgIpc) is 2.93. The lowest BCUT2D eigenvalue weighted by molar-refractivity contribution is 0.169. The first-order valence-corrected chi connectivity index (χ1v) is 5.66. The van der Waals surface area contributed by atoms with Crippen molar-refractivity contribution in [2.24, 2.45) is 0 Å². The van der Waals surface area contributed by atoms with E-state index >= 15 is 0 Å². The highest BCUT2D eigenvalue weighted by Gasteiger charge is 2.32. The number of hydrogen-bond donors (Lipinski definition) is 5. The van der Waals surface area contributed by atoms with Gasteiger partial charge in [0.2, 0.25) is 0 Å². The summed E-state index contributed by atoms with van der Waals surface area (Å²) in [6, 6.07) is 0. The fourth-order valence-corrected chi connectivity index (χ4v) is 2.25. The number of fused-ring (bicyclic) bond motifs is 1. The summed E-state index contributed by atoms with van der Waals surface area (Å²) in [5.74, 6) is -0.262. The van der Waals surface area contributed by atoms with Gasteiger partial charge in [0.15, 0.2) is 0 Å². The zero-order chi connectivity index (χ0) is 13.6. The van der Waals surface area contributed by atoms with E-state index in [1.165, 1.54) is 11.2 Å². The Balaban J connectivity index is 2.16. The molecule has 100 valence electrons. The molecular weight excluding hydrogens is 252 g/mol. The van der Waals surface area contributed by atoms with Crippen LogP contribution in [0.1, 0.15) is 0 Å². The highest BCUT2D eigenvalue weighted by molar-refractivity contribution is 5.89. The summed E-state index contributed by atoms with van der Waals surface area (Å²) in [6.07, 6.45) is 1.76. The van der Waals surface area contributed by atoms with Gasteiger partial charge in [-0.1, -0.05) is 0 Å². The molecule has 1 aliphatic rings. The van der Waals surface area contributed by atoms with Crippen molar-refractivity contribution < 1.29 is 15.3 Å². The van der Waals surface area contributed by atoms with E-state index < -0.39 is 12.7 Å². The van der Waals surface area contributed by atoms with Crippen molar-refractivity contribution >= 4 is 16.7 Å². The van der Waals surface area contributed by atoms with Crippen molar-refractivity contribution in [2.45, 2.75) is 6.10 Å². The molecule has 0 radical (unpaired) electrons. The summed E-state index contributed by atoms with van der Waals surface area (Å²) < 4.78 is 0. The number of aromatic nitrogens is 3. The van der Waals surface area contributed by atoms with Gasteiger partial charge in [-0.25, -0.2) is 4.98 Å². The van der Waals surface area contributed by atoms with E-state index in [-0.39, 0.29) is 23.6 Å². The number of nitrogens with one attached hydrogen (secondary N) is 2. The maximum absolute atomic E-state index is 11.6. The van der Waals surface area contributed by atoms with Crippen LogP contribution in [0.2, 0.25) is 0 Å². The second-order valence-electron chi connectivity index (χ2n) is 4.25. The summed E-state index contributed by atoms with van der Waals surface area (Å²) in [5.41, 5.74) is 1.13. The Kier molecular flexibility index (Phi) is 2.54. The van der Waals surface area contributed by atoms with Crippen LogP contribution in [0.4, 0.5) is 5.69 Å². The quantitative estimate of drug-likeness (QED) is 0.483. The molecule has 0 bridgehead atoms. The highest BCUT2D eigenvalue weighted by Crippen LogP contribution is 2.31. The fraction of sp³-hybridized carbons (Fsp3) is 0.273. The van der Waals surface area contributed by atoms with Crippen molar-refractivity contribution in [3.05, 3.63) is 34.3 Å². The van der Waals surface area contributed by atoms with Crippen LogP contribution in [-0.2, 0) is 0 Å². The molecule has 1 atom stereocenters. The van der Waals surface area contributed by atoms with Gasteiger partial charge in [0, 0.05) is 6.20 Å². The molecule has 5 N–H and O–H groups in total. The van der Waals surface area contributed by atoms with Crippen LogP contribution in [0.25, 0.3) is 11.0 Å². The minimum Gasteiger partial charge on any atom is -0.508 e. The van der Waals surface area contributed by atoms with Crippen molar-refractivity contribution in [3.8, 4) is 0 Å². The maximum atomic E-state index is 11.6. The van der Waals surface area contributed by atoms with Crippen LogP contribution in [0.5, 0.6) is 0 Å². The van der Waals surface area contributed by atoms with Crippen LogP contribution in [0.15, 0.2) is 28.8 Å². The molecule has 0 spiro atoms. The number of hydrogen-bond acceptors (Lipinski definition) is 6. The number of aromatic amines is 2. The number of nitrogens with zero attached hydrogens (tertiary/aromatic N) is 2. The lowest BCUT2D eigenvalue weighted by Crippen LogP contribution is -2.24. The fourth-order valence-electron chi connectivity index (χ4n) is 2.25. The van der Waals surface area contributed by atoms with E-state index in [9.17, 15) is 20.1 Å². The predicted molar refractivity (Wildman–Crippen MR) is 66.8 cm³/mol. The first-order valence-electron chi connectivity index (χ1n) is 5.66. The molecule has 19 heavy (non-hydrogen) atoms. The Morgan fingerprint density at radius 3 is 3.00 bits per heavy atom. The second kappa shape index (κ2) is 4.11. The van der Waals surface area contributed by atoms with Crippen LogP contribution >= 0.6 is 0 Å². The lowest BCUT2D eigenvalue weighted by atomic mass is 10.3. The first-order chi connectivity index (χ1) is 9.13. The van der Waals surface area contributed by atoms with Gasteiger partial charge in [-0.15, -0.1) is 0 Å². The van der Waals surface area contributed by atoms with Gasteiger partial charge in [0.25, 0.3) is 5.56 Å². The van der Waals surface area contributed by atoms with Gasteiger partial charge in [0.1, 0.15) is 22.9 Å². The Labute approximate surface area is 106 Å². The molecule has 2 aromatic rings. The molecule has 0 aliphatic carbocycles. The lowest BCUT2D eigenvalue weighted by Gasteiger charge is -2.19. The zero-order valence-corrected chi connectivity index (χ0v) is 9.79. The van der Waals surface area contributed by atoms with Gasteiger partial charge in [-0.2, -0.15) is 0 Å². The van der Waals surface area contributed by atoms with Crippen molar-refractivity contribution in [1.82, 2.24) is 15.0 Å². The molecular formula is C11H12N4O4. The number of aliphatic hydroxyl groups excluding tert-OH is 3. The minimum absolute atomic E-state index is 0.100. The Morgan fingerprint density at radius 2 is 2.26 bits per heavy atom. The topological polar surface area (TPSA) is 125 Å². The molecule has 8 nitrogen and oxygen atoms in total. The Morgan fingerprint density at radius 1 is 1.47 bits per heavy atom. The van der Waals surface area contributed by atoms with E-state index in [0.29, 0.717) is 16.7 Å². The molecule has 8 heteroatoms.